The number of methoxy groups -OCH3 is 2. The van der Waals surface area contributed by atoms with Gasteiger partial charge in [-0.15, -0.1) is 0 Å². The van der Waals surface area contributed by atoms with Gasteiger partial charge in [0.1, 0.15) is 5.75 Å². The van der Waals surface area contributed by atoms with Crippen molar-refractivity contribution in [1.29, 1.82) is 0 Å². The summed E-state index contributed by atoms with van der Waals surface area (Å²) in [6.45, 7) is 2.16. The lowest BCUT2D eigenvalue weighted by atomic mass is 9.96. The summed E-state index contributed by atoms with van der Waals surface area (Å²) < 4.78 is 10.4. The van der Waals surface area contributed by atoms with Gasteiger partial charge in [0.2, 0.25) is 17.7 Å². The average molecular weight is 370 g/mol. The number of anilines is 1. The largest absolute Gasteiger partial charge is 0.497 e. The average Bonchev–Trinajstić information content (AvgIpc) is 2.74. The van der Waals surface area contributed by atoms with Crippen molar-refractivity contribution in [3.63, 3.8) is 0 Å². The summed E-state index contributed by atoms with van der Waals surface area (Å²) >= 11 is 0. The number of piperidine rings is 1. The molecule has 1 aliphatic rings. The van der Waals surface area contributed by atoms with E-state index in [4.69, 9.17) is 9.47 Å². The maximum atomic E-state index is 12.4. The second-order valence-electron chi connectivity index (χ2n) is 6.55. The fraction of sp³-hybridized carbons (Fsp3) is 0.450. The van der Waals surface area contributed by atoms with E-state index in [2.05, 4.69) is 20.2 Å². The van der Waals surface area contributed by atoms with Crippen LogP contribution in [0.2, 0.25) is 0 Å². The molecule has 1 saturated heterocycles. The normalized spacial score (nSPS) is 14.7. The molecule has 1 fully saturated rings. The number of hydrogen-bond donors (Lipinski definition) is 1. The number of carbonyl (C=O) groups is 1. The Morgan fingerprint density at radius 1 is 1.22 bits per heavy atom. The molecule has 3 rings (SSSR count). The molecule has 0 aliphatic carbocycles. The molecule has 0 unspecified atom stereocenters. The molecule has 1 amide bonds. The van der Waals surface area contributed by atoms with Crippen LogP contribution in [0.15, 0.2) is 36.5 Å². The summed E-state index contributed by atoms with van der Waals surface area (Å²) in [5.41, 5.74) is 1.15. The quantitative estimate of drug-likeness (QED) is 0.804. The third-order valence-corrected chi connectivity index (χ3v) is 4.82. The van der Waals surface area contributed by atoms with Crippen molar-refractivity contribution in [2.75, 3.05) is 38.8 Å². The van der Waals surface area contributed by atoms with Gasteiger partial charge in [0.05, 0.1) is 14.2 Å². The van der Waals surface area contributed by atoms with Crippen LogP contribution in [-0.2, 0) is 11.2 Å². The lowest BCUT2D eigenvalue weighted by Crippen LogP contribution is -2.41. The molecule has 0 spiro atoms. The van der Waals surface area contributed by atoms with Crippen molar-refractivity contribution in [3.8, 4) is 11.6 Å². The van der Waals surface area contributed by atoms with Crippen LogP contribution in [0.5, 0.6) is 11.6 Å². The van der Waals surface area contributed by atoms with Gasteiger partial charge in [-0.25, -0.2) is 4.98 Å². The topological polar surface area (TPSA) is 76.6 Å². The van der Waals surface area contributed by atoms with Crippen LogP contribution in [0.25, 0.3) is 0 Å². The molecule has 0 radical (unpaired) electrons. The number of benzene rings is 1. The molecular weight excluding hydrogens is 344 g/mol. The van der Waals surface area contributed by atoms with Gasteiger partial charge in [0.25, 0.3) is 0 Å². The van der Waals surface area contributed by atoms with Gasteiger partial charge in [-0.2, -0.15) is 4.98 Å². The van der Waals surface area contributed by atoms with Crippen molar-refractivity contribution in [1.82, 2.24) is 15.3 Å². The predicted octanol–water partition coefficient (Wildman–Crippen LogP) is 2.07. The smallest absolute Gasteiger partial charge is 0.228 e. The number of amides is 1. The highest BCUT2D eigenvalue weighted by Gasteiger charge is 2.26. The zero-order valence-corrected chi connectivity index (χ0v) is 15.9. The Bertz CT molecular complexity index is 760. The standard InChI is InChI=1S/C20H26N4O3/c1-26-17-5-3-4-15(14-17)6-10-21-19(25)16-8-12-24(13-9-16)20-22-11-7-18(23-20)27-2/h3-5,7,11,14,16H,6,8-10,12-13H2,1-2H3,(H,21,25). The molecule has 2 heterocycles. The Hall–Kier alpha value is -2.83. The number of aromatic nitrogens is 2. The number of ether oxygens (including phenoxy) is 2. The van der Waals surface area contributed by atoms with Crippen molar-refractivity contribution in [3.05, 3.63) is 42.1 Å². The van der Waals surface area contributed by atoms with Gasteiger partial charge in [0, 0.05) is 37.8 Å². The fourth-order valence-electron chi connectivity index (χ4n) is 3.24. The number of nitrogens with zero attached hydrogens (tertiary/aromatic N) is 3. The molecule has 7 heteroatoms. The number of hydrogen-bond acceptors (Lipinski definition) is 6. The molecule has 1 aromatic carbocycles. The third kappa shape index (κ3) is 5.09. The van der Waals surface area contributed by atoms with Crippen LogP contribution < -0.4 is 19.7 Å². The minimum Gasteiger partial charge on any atom is -0.497 e. The van der Waals surface area contributed by atoms with Crippen LogP contribution in [-0.4, -0.2) is 49.7 Å². The van der Waals surface area contributed by atoms with Gasteiger partial charge < -0.3 is 19.7 Å². The van der Waals surface area contributed by atoms with Crippen LogP contribution in [0.4, 0.5) is 5.95 Å². The van der Waals surface area contributed by atoms with Crippen molar-refractivity contribution in [2.24, 2.45) is 5.92 Å². The molecule has 1 aromatic heterocycles. The van der Waals surface area contributed by atoms with Crippen LogP contribution in [0.1, 0.15) is 18.4 Å². The summed E-state index contributed by atoms with van der Waals surface area (Å²) in [4.78, 5) is 23.2. The molecule has 27 heavy (non-hydrogen) atoms. The van der Waals surface area contributed by atoms with Gasteiger partial charge in [0.15, 0.2) is 0 Å². The number of nitrogens with one attached hydrogen (secondary N) is 1. The fourth-order valence-corrected chi connectivity index (χ4v) is 3.24. The Balaban J connectivity index is 1.44. The molecule has 0 bridgehead atoms. The van der Waals surface area contributed by atoms with Crippen LogP contribution in [0.3, 0.4) is 0 Å². The van der Waals surface area contributed by atoms with Gasteiger partial charge in [-0.1, -0.05) is 12.1 Å². The zero-order chi connectivity index (χ0) is 19.1. The minimum atomic E-state index is 0.0390. The highest BCUT2D eigenvalue weighted by atomic mass is 16.5. The second kappa shape index (κ2) is 9.21. The summed E-state index contributed by atoms with van der Waals surface area (Å²) in [5, 5.41) is 3.06. The maximum absolute atomic E-state index is 12.4. The highest BCUT2D eigenvalue weighted by molar-refractivity contribution is 5.78. The van der Waals surface area contributed by atoms with E-state index in [0.717, 1.165) is 43.7 Å². The Labute approximate surface area is 159 Å². The van der Waals surface area contributed by atoms with E-state index in [1.54, 1.807) is 26.5 Å². The van der Waals surface area contributed by atoms with Gasteiger partial charge in [-0.3, -0.25) is 4.79 Å². The number of rotatable bonds is 7. The third-order valence-electron chi connectivity index (χ3n) is 4.82. The summed E-state index contributed by atoms with van der Waals surface area (Å²) in [6.07, 6.45) is 4.08. The Morgan fingerprint density at radius 2 is 2.04 bits per heavy atom. The predicted molar refractivity (Wildman–Crippen MR) is 103 cm³/mol. The molecule has 1 N–H and O–H groups in total. The lowest BCUT2D eigenvalue weighted by Gasteiger charge is -2.31. The molecule has 7 nitrogen and oxygen atoms in total. The zero-order valence-electron chi connectivity index (χ0n) is 15.9. The van der Waals surface area contributed by atoms with Crippen LogP contribution in [0, 0.1) is 5.92 Å². The van der Waals surface area contributed by atoms with E-state index in [0.29, 0.717) is 18.4 Å². The Kier molecular flexibility index (Phi) is 6.46. The van der Waals surface area contributed by atoms with E-state index in [-0.39, 0.29) is 11.8 Å². The summed E-state index contributed by atoms with van der Waals surface area (Å²) in [6, 6.07) is 9.65. The SMILES string of the molecule is COc1cccc(CCNC(=O)C2CCN(c3nccc(OC)n3)CC2)c1. The molecule has 1 aliphatic heterocycles. The first-order chi connectivity index (χ1) is 13.2. The van der Waals surface area contributed by atoms with Crippen molar-refractivity contribution >= 4 is 11.9 Å². The first-order valence-corrected chi connectivity index (χ1v) is 9.22. The molecule has 0 atom stereocenters. The van der Waals surface area contributed by atoms with Crippen molar-refractivity contribution in [2.45, 2.75) is 19.3 Å². The van der Waals surface area contributed by atoms with E-state index < -0.39 is 0 Å². The first-order valence-electron chi connectivity index (χ1n) is 9.22. The van der Waals surface area contributed by atoms with E-state index >= 15 is 0 Å². The van der Waals surface area contributed by atoms with Gasteiger partial charge >= 0.3 is 0 Å². The van der Waals surface area contributed by atoms with Crippen molar-refractivity contribution < 1.29 is 14.3 Å². The van der Waals surface area contributed by atoms with Crippen LogP contribution >= 0.6 is 0 Å². The maximum Gasteiger partial charge on any atom is 0.228 e. The van der Waals surface area contributed by atoms with E-state index in [1.807, 2.05) is 24.3 Å². The summed E-state index contributed by atoms with van der Waals surface area (Å²) in [5.74, 6) is 2.22. The first kappa shape index (κ1) is 18.9. The summed E-state index contributed by atoms with van der Waals surface area (Å²) in [7, 11) is 3.25. The number of carbonyl (C=O) groups excluding carboxylic acids is 1. The highest BCUT2D eigenvalue weighted by Crippen LogP contribution is 2.22. The second-order valence-corrected chi connectivity index (χ2v) is 6.55. The molecule has 2 aromatic rings. The molecular formula is C20H26N4O3. The minimum absolute atomic E-state index is 0.0390. The molecule has 144 valence electrons. The van der Waals surface area contributed by atoms with E-state index in [1.165, 1.54) is 0 Å². The van der Waals surface area contributed by atoms with Gasteiger partial charge in [-0.05, 0) is 37.0 Å². The lowest BCUT2D eigenvalue weighted by molar-refractivity contribution is -0.125. The van der Waals surface area contributed by atoms with E-state index in [9.17, 15) is 4.79 Å². The molecule has 0 saturated carbocycles. The Morgan fingerprint density at radius 3 is 2.78 bits per heavy atom. The monoisotopic (exact) mass is 370 g/mol.